The number of nitrogens with zero attached hydrogens (tertiary/aromatic N) is 5. The third-order valence-corrected chi connectivity index (χ3v) is 7.52. The van der Waals surface area contributed by atoms with E-state index in [9.17, 15) is 22.8 Å². The fourth-order valence-corrected chi connectivity index (χ4v) is 5.37. The number of ether oxygens (including phenoxy) is 2. The number of amides is 2. The van der Waals surface area contributed by atoms with E-state index >= 15 is 0 Å². The summed E-state index contributed by atoms with van der Waals surface area (Å²) in [6.45, 7) is 3.53. The Balaban J connectivity index is 1.51. The van der Waals surface area contributed by atoms with Gasteiger partial charge in [0.2, 0.25) is 0 Å². The standard InChI is InChI=1S/C27H37F3N6O4/c1-16(2)39-25(37)17-8-7-11-19(14-17)40-22-13-12-20(32-24(22)27(28,29)30)23-21(36(4)34-33-23)15-31-26(38)35(3)18-9-5-6-10-18/h12-13,16-19H,5-11,14-15H2,1-4H3,(H,31,38)/t17-,19-/m0/s1. The monoisotopic (exact) mass is 566 g/mol. The highest BCUT2D eigenvalue weighted by Crippen LogP contribution is 2.38. The van der Waals surface area contributed by atoms with E-state index < -0.39 is 29.6 Å². The predicted octanol–water partition coefficient (Wildman–Crippen LogP) is 4.87. The number of halogens is 3. The van der Waals surface area contributed by atoms with Gasteiger partial charge in [-0.15, -0.1) is 5.10 Å². The number of esters is 1. The van der Waals surface area contributed by atoms with Gasteiger partial charge in [0.25, 0.3) is 0 Å². The van der Waals surface area contributed by atoms with Crippen LogP contribution >= 0.6 is 0 Å². The lowest BCUT2D eigenvalue weighted by Crippen LogP contribution is -2.42. The summed E-state index contributed by atoms with van der Waals surface area (Å²) in [4.78, 5) is 30.6. The fraction of sp³-hybridized carbons (Fsp3) is 0.667. The molecule has 2 heterocycles. The second kappa shape index (κ2) is 12.4. The predicted molar refractivity (Wildman–Crippen MR) is 139 cm³/mol. The summed E-state index contributed by atoms with van der Waals surface area (Å²) in [5.74, 6) is -1.19. The van der Waals surface area contributed by atoms with Crippen molar-refractivity contribution in [1.82, 2.24) is 30.2 Å². The van der Waals surface area contributed by atoms with Crippen molar-refractivity contribution in [2.24, 2.45) is 13.0 Å². The van der Waals surface area contributed by atoms with E-state index in [1.807, 2.05) is 0 Å². The van der Waals surface area contributed by atoms with Gasteiger partial charge in [0.05, 0.1) is 36.1 Å². The molecule has 2 amide bonds. The van der Waals surface area contributed by atoms with Crippen LogP contribution in [0.3, 0.4) is 0 Å². The Morgan fingerprint density at radius 1 is 1.15 bits per heavy atom. The van der Waals surface area contributed by atoms with E-state index in [0.717, 1.165) is 25.7 Å². The van der Waals surface area contributed by atoms with Crippen LogP contribution in [0.5, 0.6) is 5.75 Å². The van der Waals surface area contributed by atoms with E-state index in [0.29, 0.717) is 25.0 Å². The van der Waals surface area contributed by atoms with Crippen molar-refractivity contribution >= 4 is 12.0 Å². The van der Waals surface area contributed by atoms with Crippen LogP contribution in [0, 0.1) is 5.92 Å². The molecule has 0 spiro atoms. The van der Waals surface area contributed by atoms with Crippen molar-refractivity contribution in [3.05, 3.63) is 23.5 Å². The highest BCUT2D eigenvalue weighted by molar-refractivity contribution is 5.74. The minimum Gasteiger partial charge on any atom is -0.488 e. The zero-order valence-corrected chi connectivity index (χ0v) is 23.3. The molecule has 1 N–H and O–H groups in total. The van der Waals surface area contributed by atoms with Crippen molar-refractivity contribution in [2.45, 2.75) is 96.2 Å². The summed E-state index contributed by atoms with van der Waals surface area (Å²) in [6.07, 6.45) is 0.458. The third-order valence-electron chi connectivity index (χ3n) is 7.52. The molecule has 13 heteroatoms. The van der Waals surface area contributed by atoms with Crippen LogP contribution in [0.15, 0.2) is 12.1 Å². The highest BCUT2D eigenvalue weighted by Gasteiger charge is 2.39. The summed E-state index contributed by atoms with van der Waals surface area (Å²) in [6, 6.07) is 2.53. The van der Waals surface area contributed by atoms with E-state index in [1.54, 1.807) is 32.8 Å². The first kappa shape index (κ1) is 29.6. The first-order valence-corrected chi connectivity index (χ1v) is 13.8. The van der Waals surface area contributed by atoms with Crippen molar-refractivity contribution < 1.29 is 32.2 Å². The Morgan fingerprint density at radius 3 is 2.55 bits per heavy atom. The van der Waals surface area contributed by atoms with Gasteiger partial charge in [0.15, 0.2) is 11.4 Å². The first-order chi connectivity index (χ1) is 18.9. The van der Waals surface area contributed by atoms with E-state index in [4.69, 9.17) is 9.47 Å². The van der Waals surface area contributed by atoms with Crippen LogP contribution in [-0.4, -0.2) is 62.2 Å². The van der Waals surface area contributed by atoms with Gasteiger partial charge in [-0.25, -0.2) is 14.5 Å². The summed E-state index contributed by atoms with van der Waals surface area (Å²) in [5.41, 5.74) is -0.666. The summed E-state index contributed by atoms with van der Waals surface area (Å²) < 4.78 is 54.8. The lowest BCUT2D eigenvalue weighted by molar-refractivity contribution is -0.155. The minimum absolute atomic E-state index is 0.0198. The molecule has 0 aliphatic heterocycles. The molecule has 4 rings (SSSR count). The molecule has 0 unspecified atom stereocenters. The number of aromatic nitrogens is 4. The Morgan fingerprint density at radius 2 is 1.88 bits per heavy atom. The molecule has 2 atom stereocenters. The third kappa shape index (κ3) is 7.03. The lowest BCUT2D eigenvalue weighted by Gasteiger charge is -2.29. The largest absolute Gasteiger partial charge is 0.488 e. The number of nitrogens with one attached hydrogen (secondary N) is 1. The average Bonchev–Trinajstić information content (AvgIpc) is 3.56. The second-order valence-electron chi connectivity index (χ2n) is 10.8. The normalized spacial score (nSPS) is 20.0. The molecule has 10 nitrogen and oxygen atoms in total. The zero-order valence-electron chi connectivity index (χ0n) is 23.3. The van der Waals surface area contributed by atoms with Gasteiger partial charge in [-0.3, -0.25) is 4.79 Å². The molecule has 0 aromatic carbocycles. The van der Waals surface area contributed by atoms with Gasteiger partial charge in [0.1, 0.15) is 5.69 Å². The zero-order chi connectivity index (χ0) is 29.0. The topological polar surface area (TPSA) is 111 Å². The van der Waals surface area contributed by atoms with Gasteiger partial charge in [-0.2, -0.15) is 13.2 Å². The Kier molecular flexibility index (Phi) is 9.19. The smallest absolute Gasteiger partial charge is 0.437 e. The van der Waals surface area contributed by atoms with Crippen molar-refractivity contribution in [2.75, 3.05) is 7.05 Å². The molecule has 2 aromatic heterocycles. The number of urea groups is 1. The molecule has 2 saturated carbocycles. The quantitative estimate of drug-likeness (QED) is 0.454. The van der Waals surface area contributed by atoms with Crippen molar-refractivity contribution in [1.29, 1.82) is 0 Å². The van der Waals surface area contributed by atoms with Crippen LogP contribution in [0.2, 0.25) is 0 Å². The van der Waals surface area contributed by atoms with Crippen LogP contribution in [0.1, 0.15) is 76.6 Å². The van der Waals surface area contributed by atoms with Gasteiger partial charge < -0.3 is 19.7 Å². The SMILES string of the molecule is CC(C)OC(=O)[C@H]1CCC[C@H](Oc2ccc(-c3nnn(C)c3CNC(=O)N(C)C3CCCC3)nc2C(F)(F)F)C1. The molecule has 0 saturated heterocycles. The Hall–Kier alpha value is -3.38. The van der Waals surface area contributed by atoms with Crippen LogP contribution in [-0.2, 0) is 29.3 Å². The molecule has 2 aliphatic rings. The molecule has 0 radical (unpaired) electrons. The van der Waals surface area contributed by atoms with Gasteiger partial charge >= 0.3 is 18.2 Å². The van der Waals surface area contributed by atoms with E-state index in [-0.39, 0.29) is 48.5 Å². The number of rotatable bonds is 8. The van der Waals surface area contributed by atoms with Gasteiger partial charge in [0, 0.05) is 20.1 Å². The average molecular weight is 567 g/mol. The molecule has 2 fully saturated rings. The van der Waals surface area contributed by atoms with E-state index in [2.05, 4.69) is 20.6 Å². The number of hydrogen-bond acceptors (Lipinski definition) is 7. The van der Waals surface area contributed by atoms with Crippen LogP contribution in [0.4, 0.5) is 18.0 Å². The molecule has 2 aliphatic carbocycles. The van der Waals surface area contributed by atoms with Crippen molar-refractivity contribution in [3.8, 4) is 17.1 Å². The minimum atomic E-state index is -4.80. The van der Waals surface area contributed by atoms with Crippen molar-refractivity contribution in [3.63, 3.8) is 0 Å². The molecule has 0 bridgehead atoms. The Bertz CT molecular complexity index is 1200. The van der Waals surface area contributed by atoms with Gasteiger partial charge in [-0.05, 0) is 64.5 Å². The highest BCUT2D eigenvalue weighted by atomic mass is 19.4. The summed E-state index contributed by atoms with van der Waals surface area (Å²) in [7, 11) is 3.34. The maximum atomic E-state index is 14.1. The first-order valence-electron chi connectivity index (χ1n) is 13.8. The molecule has 40 heavy (non-hydrogen) atoms. The number of aryl methyl sites for hydroxylation is 1. The van der Waals surface area contributed by atoms with Crippen LogP contribution < -0.4 is 10.1 Å². The molecular formula is C27H37F3N6O4. The summed E-state index contributed by atoms with van der Waals surface area (Å²) in [5, 5.41) is 10.8. The second-order valence-corrected chi connectivity index (χ2v) is 10.8. The number of carbonyl (C=O) groups is 2. The maximum Gasteiger partial charge on any atom is 0.437 e. The maximum absolute atomic E-state index is 14.1. The number of pyridine rings is 1. The number of carbonyl (C=O) groups excluding carboxylic acids is 2. The summed E-state index contributed by atoms with van der Waals surface area (Å²) >= 11 is 0. The van der Waals surface area contributed by atoms with Gasteiger partial charge in [-0.1, -0.05) is 18.1 Å². The Labute approximate surface area is 231 Å². The fourth-order valence-electron chi connectivity index (χ4n) is 5.37. The molecule has 220 valence electrons. The number of hydrogen-bond donors (Lipinski definition) is 1. The molecular weight excluding hydrogens is 529 g/mol. The van der Waals surface area contributed by atoms with E-state index in [1.165, 1.54) is 16.8 Å². The lowest BCUT2D eigenvalue weighted by atomic mass is 9.87. The number of alkyl halides is 3. The molecule has 2 aromatic rings. The van der Waals surface area contributed by atoms with Crippen LogP contribution in [0.25, 0.3) is 11.4 Å².